The largest absolute Gasteiger partial charge is 0.497 e. The first-order chi connectivity index (χ1) is 13.7. The Balaban J connectivity index is 1.64. The molecule has 6 nitrogen and oxygen atoms in total. The number of rotatable bonds is 6. The molecule has 4 aromatic rings. The predicted octanol–water partition coefficient (Wildman–Crippen LogP) is 3.91. The Kier molecular flexibility index (Phi) is 5.16. The summed E-state index contributed by atoms with van der Waals surface area (Å²) in [6, 6.07) is 18.3. The van der Waals surface area contributed by atoms with Gasteiger partial charge in [-0.1, -0.05) is 54.2 Å². The molecule has 0 fully saturated rings. The highest BCUT2D eigenvalue weighted by Crippen LogP contribution is 2.27. The van der Waals surface area contributed by atoms with E-state index in [1.807, 2.05) is 53.8 Å². The first-order valence-corrected chi connectivity index (χ1v) is 9.94. The van der Waals surface area contributed by atoms with Crippen LogP contribution in [-0.2, 0) is 12.2 Å². The van der Waals surface area contributed by atoms with Gasteiger partial charge in [-0.3, -0.25) is 0 Å². The minimum Gasteiger partial charge on any atom is -0.497 e. The molecule has 0 aliphatic rings. The molecule has 2 heterocycles. The summed E-state index contributed by atoms with van der Waals surface area (Å²) in [4.78, 5) is 4.54. The maximum Gasteiger partial charge on any atom is 0.208 e. The molecular weight excluding hydrogens is 370 g/mol. The number of nitrogens with two attached hydrogens (primary N) is 1. The number of hydrogen-bond acceptors (Lipinski definition) is 6. The third kappa shape index (κ3) is 3.66. The Hall–Kier alpha value is -3.06. The number of hydrogen-bond donors (Lipinski definition) is 1. The third-order valence-electron chi connectivity index (χ3n) is 4.60. The van der Waals surface area contributed by atoms with Crippen molar-refractivity contribution in [2.75, 3.05) is 12.8 Å². The second-order valence-electron chi connectivity index (χ2n) is 6.47. The van der Waals surface area contributed by atoms with Crippen molar-refractivity contribution >= 4 is 23.4 Å². The molecule has 0 atom stereocenters. The molecule has 2 aromatic heterocycles. The van der Waals surface area contributed by atoms with Gasteiger partial charge in [0.2, 0.25) is 5.95 Å². The van der Waals surface area contributed by atoms with Crippen molar-refractivity contribution in [3.63, 3.8) is 0 Å². The van der Waals surface area contributed by atoms with Crippen molar-refractivity contribution in [3.8, 4) is 5.75 Å². The van der Waals surface area contributed by atoms with Gasteiger partial charge in [0, 0.05) is 23.4 Å². The van der Waals surface area contributed by atoms with E-state index in [1.165, 1.54) is 11.1 Å². The Labute approximate surface area is 167 Å². The number of methoxy groups -OCH3 is 1. The van der Waals surface area contributed by atoms with Crippen molar-refractivity contribution in [1.29, 1.82) is 0 Å². The van der Waals surface area contributed by atoms with E-state index in [4.69, 9.17) is 10.5 Å². The molecule has 142 valence electrons. The van der Waals surface area contributed by atoms with E-state index in [2.05, 4.69) is 27.3 Å². The molecule has 0 amide bonds. The quantitative estimate of drug-likeness (QED) is 0.502. The van der Waals surface area contributed by atoms with E-state index in [-0.39, 0.29) is 0 Å². The van der Waals surface area contributed by atoms with Crippen molar-refractivity contribution in [3.05, 3.63) is 77.0 Å². The van der Waals surface area contributed by atoms with Crippen LogP contribution in [0.5, 0.6) is 5.75 Å². The summed E-state index contributed by atoms with van der Waals surface area (Å²) in [6.45, 7) is 1.97. The normalized spacial score (nSPS) is 11.1. The number of fused-ring (bicyclic) bond motifs is 1. The fourth-order valence-electron chi connectivity index (χ4n) is 3.09. The lowest BCUT2D eigenvalue weighted by Crippen LogP contribution is -2.07. The minimum atomic E-state index is 0.409. The molecule has 2 aromatic carbocycles. The van der Waals surface area contributed by atoms with Crippen LogP contribution >= 0.6 is 11.8 Å². The van der Waals surface area contributed by atoms with Crippen molar-refractivity contribution in [2.45, 2.75) is 24.3 Å². The summed E-state index contributed by atoms with van der Waals surface area (Å²) in [7, 11) is 1.66. The lowest BCUT2D eigenvalue weighted by atomic mass is 10.0. The number of benzene rings is 2. The average Bonchev–Trinajstić information content (AvgIpc) is 3.15. The molecule has 0 saturated carbocycles. The van der Waals surface area contributed by atoms with Gasteiger partial charge in [0.05, 0.1) is 7.11 Å². The third-order valence-corrected chi connectivity index (χ3v) is 5.60. The number of ether oxygens (including phenoxy) is 1. The summed E-state index contributed by atoms with van der Waals surface area (Å²) in [5, 5.41) is 9.55. The lowest BCUT2D eigenvalue weighted by Gasteiger charge is -2.10. The second kappa shape index (κ2) is 7.90. The standard InChI is InChI=1S/C21H21N5OS/c1-14-18(12-15-6-4-3-5-7-15)19-24-25-21(26(19)20(22)23-14)28-13-16-8-10-17(27-2)11-9-16/h3-11H,12-13H2,1-2H3,(H2,22,23). The molecule has 0 spiro atoms. The topological polar surface area (TPSA) is 78.3 Å². The van der Waals surface area contributed by atoms with Crippen LogP contribution in [0.25, 0.3) is 5.65 Å². The molecule has 4 rings (SSSR count). The molecule has 0 aliphatic heterocycles. The molecule has 0 saturated heterocycles. The van der Waals surface area contributed by atoms with Crippen LogP contribution in [0.4, 0.5) is 5.95 Å². The van der Waals surface area contributed by atoms with E-state index in [9.17, 15) is 0 Å². The number of nitrogen functional groups attached to an aromatic ring is 1. The molecule has 7 heteroatoms. The van der Waals surface area contributed by atoms with E-state index in [1.54, 1.807) is 18.9 Å². The fraction of sp³-hybridized carbons (Fsp3) is 0.190. The van der Waals surface area contributed by atoms with Crippen LogP contribution < -0.4 is 10.5 Å². The Morgan fingerprint density at radius 1 is 1.00 bits per heavy atom. The predicted molar refractivity (Wildman–Crippen MR) is 112 cm³/mol. The second-order valence-corrected chi connectivity index (χ2v) is 7.42. The molecule has 2 N–H and O–H groups in total. The summed E-state index contributed by atoms with van der Waals surface area (Å²) in [5.74, 6) is 2.01. The van der Waals surface area contributed by atoms with Crippen LogP contribution in [0.1, 0.15) is 22.4 Å². The van der Waals surface area contributed by atoms with Gasteiger partial charge in [0.1, 0.15) is 5.75 Å². The fourth-order valence-corrected chi connectivity index (χ4v) is 3.99. The molecule has 0 unspecified atom stereocenters. The summed E-state index contributed by atoms with van der Waals surface area (Å²) < 4.78 is 7.05. The molecular formula is C21H21N5OS. The van der Waals surface area contributed by atoms with Crippen LogP contribution in [0.3, 0.4) is 0 Å². The summed E-state index contributed by atoms with van der Waals surface area (Å²) in [5.41, 5.74) is 11.3. The Morgan fingerprint density at radius 3 is 2.46 bits per heavy atom. The zero-order valence-corrected chi connectivity index (χ0v) is 16.6. The van der Waals surface area contributed by atoms with Gasteiger partial charge < -0.3 is 10.5 Å². The van der Waals surface area contributed by atoms with Gasteiger partial charge in [0.15, 0.2) is 10.8 Å². The van der Waals surface area contributed by atoms with Crippen LogP contribution in [-0.4, -0.2) is 26.7 Å². The highest BCUT2D eigenvalue weighted by atomic mass is 32.2. The van der Waals surface area contributed by atoms with Gasteiger partial charge in [-0.25, -0.2) is 9.38 Å². The molecule has 0 radical (unpaired) electrons. The number of thioether (sulfide) groups is 1. The Bertz CT molecular complexity index is 1090. The summed E-state index contributed by atoms with van der Waals surface area (Å²) >= 11 is 1.59. The SMILES string of the molecule is COc1ccc(CSc2nnc3c(Cc4ccccc4)c(C)nc(N)n23)cc1. The maximum absolute atomic E-state index is 6.21. The highest BCUT2D eigenvalue weighted by Gasteiger charge is 2.17. The van der Waals surface area contributed by atoms with Crippen molar-refractivity contribution < 1.29 is 4.74 Å². The minimum absolute atomic E-state index is 0.409. The zero-order chi connectivity index (χ0) is 19.5. The number of nitrogens with zero attached hydrogens (tertiary/aromatic N) is 4. The van der Waals surface area contributed by atoms with Gasteiger partial charge in [-0.05, 0) is 30.2 Å². The summed E-state index contributed by atoms with van der Waals surface area (Å²) in [6.07, 6.45) is 0.741. The van der Waals surface area contributed by atoms with Crippen molar-refractivity contribution in [1.82, 2.24) is 19.6 Å². The van der Waals surface area contributed by atoms with Gasteiger partial charge in [-0.2, -0.15) is 0 Å². The maximum atomic E-state index is 6.21. The first kappa shape index (κ1) is 18.3. The zero-order valence-electron chi connectivity index (χ0n) is 15.8. The number of anilines is 1. The van der Waals surface area contributed by atoms with E-state index in [0.717, 1.165) is 40.0 Å². The number of aromatic nitrogens is 4. The van der Waals surface area contributed by atoms with Gasteiger partial charge in [-0.15, -0.1) is 10.2 Å². The highest BCUT2D eigenvalue weighted by molar-refractivity contribution is 7.98. The van der Waals surface area contributed by atoms with E-state index >= 15 is 0 Å². The van der Waals surface area contributed by atoms with E-state index in [0.29, 0.717) is 5.95 Å². The number of aryl methyl sites for hydroxylation is 1. The lowest BCUT2D eigenvalue weighted by molar-refractivity contribution is 0.414. The van der Waals surface area contributed by atoms with Crippen LogP contribution in [0.2, 0.25) is 0 Å². The first-order valence-electron chi connectivity index (χ1n) is 8.95. The van der Waals surface area contributed by atoms with E-state index < -0.39 is 0 Å². The van der Waals surface area contributed by atoms with Gasteiger partial charge in [0.25, 0.3) is 0 Å². The molecule has 0 aliphatic carbocycles. The molecule has 0 bridgehead atoms. The van der Waals surface area contributed by atoms with Gasteiger partial charge >= 0.3 is 0 Å². The van der Waals surface area contributed by atoms with Crippen molar-refractivity contribution in [2.24, 2.45) is 0 Å². The monoisotopic (exact) mass is 391 g/mol. The van der Waals surface area contributed by atoms with Crippen LogP contribution in [0, 0.1) is 6.92 Å². The molecule has 28 heavy (non-hydrogen) atoms. The average molecular weight is 392 g/mol. The smallest absolute Gasteiger partial charge is 0.208 e. The van der Waals surface area contributed by atoms with Crippen LogP contribution in [0.15, 0.2) is 59.8 Å². The Morgan fingerprint density at radius 2 is 1.75 bits per heavy atom.